The Morgan fingerprint density at radius 3 is 1.86 bits per heavy atom. The molecule has 7 aliphatic heterocycles. The van der Waals surface area contributed by atoms with Gasteiger partial charge in [-0.2, -0.15) is 0 Å². The van der Waals surface area contributed by atoms with E-state index in [1.165, 1.54) is 33.0 Å². The van der Waals surface area contributed by atoms with Crippen molar-refractivity contribution in [2.75, 3.05) is 20.3 Å². The number of phenols is 3. The Hall–Kier alpha value is -9.73. The number of phenolic OH excluding ortho intramolecular Hbond substituents is 3. The topological polar surface area (TPSA) is 649 Å². The number of fused-ring (bicyclic) bond motifs is 15. The first kappa shape index (κ1) is 87.2. The van der Waals surface area contributed by atoms with Crippen molar-refractivity contribution in [2.24, 2.45) is 17.4 Å². The molecule has 2 fully saturated rings. The lowest BCUT2D eigenvalue weighted by atomic mass is 9.86. The summed E-state index contributed by atoms with van der Waals surface area (Å²) in [4.78, 5) is 127. The van der Waals surface area contributed by atoms with Crippen LogP contribution in [0.3, 0.4) is 0 Å². The minimum Gasteiger partial charge on any atom is -0.508 e. The largest absolute Gasteiger partial charge is 0.508 e. The second kappa shape index (κ2) is 36.6. The quantitative estimate of drug-likeness (QED) is 0.0383. The summed E-state index contributed by atoms with van der Waals surface area (Å²) in [6.45, 7) is 4.90. The van der Waals surface area contributed by atoms with Gasteiger partial charge in [0.1, 0.15) is 114 Å². The smallest absolute Gasteiger partial charge is 0.330 e. The van der Waals surface area contributed by atoms with Crippen molar-refractivity contribution >= 4 is 76.8 Å². The second-order valence-corrected chi connectivity index (χ2v) is 28.9. The van der Waals surface area contributed by atoms with Gasteiger partial charge in [-0.15, -0.1) is 0 Å². The summed E-state index contributed by atoms with van der Waals surface area (Å²) in [6.07, 6.45) is -25.4. The number of aliphatic hydroxyl groups excluding tert-OH is 11. The summed E-state index contributed by atoms with van der Waals surface area (Å²) >= 11 is 14.1. The van der Waals surface area contributed by atoms with E-state index in [0.717, 1.165) is 66.7 Å². The Bertz CT molecular complexity index is 4390. The SMILES string of the molecule is CN[C@H](CC(C)C)C(=O)N[C@H]1C(=O)N[C@@H](CC(N)=O)C(=O)N[C@H]2C(=O)N[C@H]3C(=O)N[C@H](C(=O)N[C@@H](C(=O)O)c4cc(O)cc(O)c4-c4cc3ccc4O)[C@H](O)c3ccc(c(Cl)c3)Oc3cc2cc(c3O[C@@H]2O[C@H](CO)[C@@H](O)[C@H](O)[C@H]2O[C@H]2C[C@](C)(N)C(O)[C@H](C)O2)Oc2ccc(cc2Cl)[C@H]1O.O=C[C@H](O)[C@@H](O)[C@@H](O)[C@H](O)CO. The molecule has 26 N–H and O–H groups in total. The maximum Gasteiger partial charge on any atom is 0.330 e. The lowest BCUT2D eigenvalue weighted by Gasteiger charge is -2.47. The highest BCUT2D eigenvalue weighted by atomic mass is 35.5. The number of carboxylic acid groups (broad SMARTS) is 1. The normalized spacial score (nSPS) is 28.5. The molecule has 0 spiro atoms. The van der Waals surface area contributed by atoms with Crippen molar-refractivity contribution in [3.8, 4) is 57.1 Å². The van der Waals surface area contributed by atoms with Crippen molar-refractivity contribution in [3.63, 3.8) is 0 Å². The van der Waals surface area contributed by atoms with Gasteiger partial charge in [0, 0.05) is 34.7 Å². The maximum absolute atomic E-state index is 16.0. The van der Waals surface area contributed by atoms with E-state index in [9.17, 15) is 79.8 Å². The van der Waals surface area contributed by atoms with E-state index in [4.69, 9.17) is 88.6 Å². The number of hydrogen-bond donors (Lipinski definition) is 24. The number of rotatable bonds is 18. The van der Waals surface area contributed by atoms with Crippen molar-refractivity contribution in [1.29, 1.82) is 0 Å². The molecule has 0 radical (unpaired) electrons. The van der Waals surface area contributed by atoms with E-state index < -0.39 is 268 Å². The number of hydrogen-bond acceptors (Lipinski definition) is 31. The first-order valence-corrected chi connectivity index (χ1v) is 35.7. The monoisotopic (exact) mass is 1630 g/mol. The molecule has 2 saturated heterocycles. The number of aliphatic hydroxyl groups is 11. The van der Waals surface area contributed by atoms with Crippen LogP contribution in [0.25, 0.3) is 11.1 Å². The number of carboxylic acids is 1. The molecule has 5 aromatic carbocycles. The molecular formula is C72H87Cl2N9O30. The van der Waals surface area contributed by atoms with Crippen molar-refractivity contribution < 1.29 is 148 Å². The third-order valence-corrected chi connectivity index (χ3v) is 19.8. The number of carbonyl (C=O) groups excluding carboxylic acids is 8. The molecule has 0 aliphatic carbocycles. The molecule has 5 aromatic rings. The molecule has 7 heterocycles. The number of halogens is 2. The number of aldehydes is 1. The van der Waals surface area contributed by atoms with Crippen molar-refractivity contribution in [1.82, 2.24) is 37.2 Å². The lowest BCUT2D eigenvalue weighted by Crippen LogP contribution is -2.64. The zero-order valence-electron chi connectivity index (χ0n) is 60.6. The number of ether oxygens (including phenoxy) is 6. The summed E-state index contributed by atoms with van der Waals surface area (Å²) in [5.74, 6) is -16.0. The standard InChI is InChI=1S/C66H75Cl2N9O24.C6H12O6/c1-23(2)12-34(71-5)58(88)76-49-51(83)26-7-10-38(32(67)14-26)97-40-16-28-17-41(55(40)101-65-56(54(86)53(85)42(22-78)99-65)100-44-21-66(4,70)57(87)24(3)96-44)98-39-11-8-27(15-33(39)68)52(84)50-63(93)75-48(64(94)95)31-18-29(79)19-37(81)45(31)30-13-25(6-9-36(30)80)46(60(90)77-50)74-61(91)47(28)73-59(89)35(20-43(69)82)72-62(49)92;7-1-3(9)5(11)6(12)4(10)2-8/h6-11,13-19,23-24,34-35,42,44,46-54,56-57,65,71,78-81,83-87H,12,20-22,70H2,1-5H3,(H2,69,82)(H,72,92)(H,73,89)(H,74,91)(H,75,93)(H,76,88)(H,77,90)(H,94,95);1,3-6,8-12H,2H2/t24-,34+,35-,42+,44-,46+,47+,48+,49+,50-,51+,52+,53+,54-,56+,57?,65-,66-;3-,4+,5+,6-/m00/s1. The van der Waals surface area contributed by atoms with Crippen LogP contribution in [-0.4, -0.2) is 254 Å². The van der Waals surface area contributed by atoms with Gasteiger partial charge >= 0.3 is 5.97 Å². The molecule has 22 atom stereocenters. The van der Waals surface area contributed by atoms with Gasteiger partial charge in [0.2, 0.25) is 53.4 Å². The first-order chi connectivity index (χ1) is 53.2. The van der Waals surface area contributed by atoms with E-state index in [1.54, 1.807) is 0 Å². The molecule has 113 heavy (non-hydrogen) atoms. The zero-order chi connectivity index (χ0) is 83.3. The molecule has 12 rings (SSSR count). The van der Waals surface area contributed by atoms with E-state index in [0.29, 0.717) is 0 Å². The number of amides is 7. The highest BCUT2D eigenvalue weighted by Gasteiger charge is 2.52. The molecule has 0 aromatic heterocycles. The number of nitrogens with two attached hydrogens (primary N) is 2. The van der Waals surface area contributed by atoms with Gasteiger partial charge in [0.05, 0.1) is 47.9 Å². The molecule has 7 aliphatic rings. The van der Waals surface area contributed by atoms with Gasteiger partial charge in [-0.1, -0.05) is 55.2 Å². The Balaban J connectivity index is 0.00000112. The summed E-state index contributed by atoms with van der Waals surface area (Å²) in [5.41, 5.74) is 8.00. The minimum absolute atomic E-state index is 0.0258. The maximum atomic E-state index is 16.0. The number of nitrogens with one attached hydrogen (secondary N) is 7. The van der Waals surface area contributed by atoms with E-state index >= 15 is 14.4 Å². The Morgan fingerprint density at radius 1 is 0.708 bits per heavy atom. The number of primary amides is 1. The third-order valence-electron chi connectivity index (χ3n) is 19.2. The fourth-order valence-electron chi connectivity index (χ4n) is 13.1. The Kier molecular flexibility index (Phi) is 28.3. The summed E-state index contributed by atoms with van der Waals surface area (Å²) in [6, 6.07) is -0.679. The van der Waals surface area contributed by atoms with Crippen LogP contribution >= 0.6 is 23.2 Å². The molecule has 1 unspecified atom stereocenters. The number of likely N-dealkylation sites (N-methyl/N-ethyl adjacent to an activating group) is 1. The lowest BCUT2D eigenvalue weighted by molar-refractivity contribution is -0.333. The molecule has 614 valence electrons. The zero-order valence-corrected chi connectivity index (χ0v) is 62.1. The summed E-state index contributed by atoms with van der Waals surface area (Å²) < 4.78 is 38.3. The predicted molar refractivity (Wildman–Crippen MR) is 386 cm³/mol. The Labute approximate surface area is 651 Å². The molecular weight excluding hydrogens is 1540 g/mol. The average molecular weight is 1630 g/mol. The first-order valence-electron chi connectivity index (χ1n) is 34.9. The summed E-state index contributed by atoms with van der Waals surface area (Å²) in [5, 5.41) is 174. The molecule has 39 nitrogen and oxygen atoms in total. The van der Waals surface area contributed by atoms with Gasteiger partial charge in [-0.25, -0.2) is 4.79 Å². The summed E-state index contributed by atoms with van der Waals surface area (Å²) in [7, 11) is 1.47. The van der Waals surface area contributed by atoms with Crippen LogP contribution in [-0.2, 0) is 57.4 Å². The van der Waals surface area contributed by atoms with Gasteiger partial charge in [0.15, 0.2) is 36.2 Å². The van der Waals surface area contributed by atoms with Crippen LogP contribution in [0.15, 0.2) is 78.9 Å². The molecule has 41 heteroatoms. The number of carbonyl (C=O) groups is 9. The number of benzene rings is 5. The van der Waals surface area contributed by atoms with Crippen LogP contribution in [0.5, 0.6) is 46.0 Å². The third kappa shape index (κ3) is 19.7. The van der Waals surface area contributed by atoms with E-state index in [-0.39, 0.29) is 52.5 Å². The van der Waals surface area contributed by atoms with Gasteiger partial charge < -0.3 is 158 Å². The van der Waals surface area contributed by atoms with Crippen LogP contribution in [0, 0.1) is 5.92 Å². The van der Waals surface area contributed by atoms with Crippen LogP contribution in [0.2, 0.25) is 10.0 Å². The van der Waals surface area contributed by atoms with Crippen molar-refractivity contribution in [3.05, 3.63) is 117 Å². The highest BCUT2D eigenvalue weighted by molar-refractivity contribution is 6.32. The second-order valence-electron chi connectivity index (χ2n) is 28.1. The fraction of sp³-hybridized carbons (Fsp3) is 0.458. The number of aliphatic carboxylic acids is 1. The van der Waals surface area contributed by atoms with Gasteiger partial charge in [0.25, 0.3) is 0 Å². The van der Waals surface area contributed by atoms with Gasteiger partial charge in [-0.3, -0.25) is 33.6 Å². The average Bonchev–Trinajstić information content (AvgIpc) is 0.762. The minimum atomic E-state index is -2.35. The highest BCUT2D eigenvalue weighted by Crippen LogP contribution is 2.50. The van der Waals surface area contributed by atoms with Crippen molar-refractivity contribution in [2.45, 2.75) is 181 Å². The fourth-order valence-corrected chi connectivity index (χ4v) is 13.6. The number of aromatic hydroxyl groups is 3. The molecule has 0 saturated carbocycles. The van der Waals surface area contributed by atoms with E-state index in [2.05, 4.69) is 37.2 Å². The Morgan fingerprint density at radius 2 is 1.30 bits per heavy atom. The van der Waals surface area contributed by atoms with Crippen LogP contribution in [0.4, 0.5) is 0 Å². The molecule has 11 bridgehead atoms. The van der Waals surface area contributed by atoms with E-state index in [1.807, 2.05) is 13.8 Å². The van der Waals surface area contributed by atoms with Crippen LogP contribution < -0.4 is 62.9 Å². The van der Waals surface area contributed by atoms with Gasteiger partial charge in [-0.05, 0) is 110 Å². The van der Waals surface area contributed by atoms with Crippen LogP contribution in [0.1, 0.15) is 105 Å². The predicted octanol–water partition coefficient (Wildman–Crippen LogP) is -3.27. The molecule has 7 amide bonds.